The van der Waals surface area contributed by atoms with Crippen molar-refractivity contribution in [2.45, 2.75) is 32.4 Å². The van der Waals surface area contributed by atoms with Crippen molar-refractivity contribution in [3.63, 3.8) is 0 Å². The Morgan fingerprint density at radius 3 is 3.00 bits per heavy atom. The first kappa shape index (κ1) is 11.7. The van der Waals surface area contributed by atoms with Crippen LogP contribution < -0.4 is 0 Å². The van der Waals surface area contributed by atoms with Crippen molar-refractivity contribution in [3.8, 4) is 0 Å². The molecule has 0 spiro atoms. The zero-order valence-electron chi connectivity index (χ0n) is 9.82. The molecule has 2 heterocycles. The summed E-state index contributed by atoms with van der Waals surface area (Å²) in [5, 5.41) is 14.1. The maximum absolute atomic E-state index is 9.99. The van der Waals surface area contributed by atoms with Gasteiger partial charge in [-0.1, -0.05) is 6.07 Å². The highest BCUT2D eigenvalue weighted by Gasteiger charge is 2.11. The van der Waals surface area contributed by atoms with Gasteiger partial charge in [-0.2, -0.15) is 5.10 Å². The summed E-state index contributed by atoms with van der Waals surface area (Å²) in [5.41, 5.74) is 1.03. The van der Waals surface area contributed by atoms with Gasteiger partial charge in [-0.25, -0.2) is 4.98 Å². The lowest BCUT2D eigenvalue weighted by molar-refractivity contribution is 0.171. The molecule has 1 atom stereocenters. The summed E-state index contributed by atoms with van der Waals surface area (Å²) in [6.07, 6.45) is 5.67. The lowest BCUT2D eigenvalue weighted by atomic mass is 10.1. The van der Waals surface area contributed by atoms with Crippen molar-refractivity contribution in [1.29, 1.82) is 0 Å². The van der Waals surface area contributed by atoms with Gasteiger partial charge in [0.2, 0.25) is 0 Å². The number of aromatic nitrogens is 4. The highest BCUT2D eigenvalue weighted by Crippen LogP contribution is 2.06. The fourth-order valence-electron chi connectivity index (χ4n) is 1.78. The van der Waals surface area contributed by atoms with Gasteiger partial charge in [0.15, 0.2) is 0 Å². The molecular weight excluding hydrogens is 216 g/mol. The summed E-state index contributed by atoms with van der Waals surface area (Å²) < 4.78 is 1.80. The predicted octanol–water partition coefficient (Wildman–Crippen LogP) is 0.839. The van der Waals surface area contributed by atoms with Crippen molar-refractivity contribution in [1.82, 2.24) is 19.7 Å². The van der Waals surface area contributed by atoms with Crippen LogP contribution in [0.2, 0.25) is 0 Å². The number of rotatable bonds is 5. The summed E-state index contributed by atoms with van der Waals surface area (Å²) in [4.78, 5) is 8.17. The van der Waals surface area contributed by atoms with Crippen LogP contribution in [0.25, 0.3) is 0 Å². The third-order valence-corrected chi connectivity index (χ3v) is 2.61. The van der Waals surface area contributed by atoms with E-state index in [1.807, 2.05) is 19.1 Å². The number of aryl methyl sites for hydroxylation is 1. The van der Waals surface area contributed by atoms with Crippen LogP contribution in [0.15, 0.2) is 30.9 Å². The Hall–Kier alpha value is -1.75. The van der Waals surface area contributed by atoms with E-state index in [4.69, 9.17) is 0 Å². The van der Waals surface area contributed by atoms with E-state index in [9.17, 15) is 5.11 Å². The van der Waals surface area contributed by atoms with Crippen LogP contribution in [0.5, 0.6) is 0 Å². The zero-order valence-corrected chi connectivity index (χ0v) is 9.82. The maximum Gasteiger partial charge on any atom is 0.138 e. The van der Waals surface area contributed by atoms with E-state index >= 15 is 0 Å². The minimum atomic E-state index is -0.450. The molecule has 90 valence electrons. The molecule has 0 aliphatic heterocycles. The quantitative estimate of drug-likeness (QED) is 0.829. The van der Waals surface area contributed by atoms with Crippen LogP contribution in [-0.2, 0) is 19.4 Å². The van der Waals surface area contributed by atoms with Crippen molar-refractivity contribution < 1.29 is 5.11 Å². The third kappa shape index (κ3) is 3.10. The van der Waals surface area contributed by atoms with Gasteiger partial charge in [0.1, 0.15) is 12.2 Å². The molecule has 0 aliphatic rings. The Bertz CT molecular complexity index is 455. The molecule has 0 aliphatic carbocycles. The lowest BCUT2D eigenvalue weighted by Gasteiger charge is -2.10. The van der Waals surface area contributed by atoms with Crippen molar-refractivity contribution in [2.75, 3.05) is 0 Å². The molecule has 0 aromatic carbocycles. The number of hydrogen-bond acceptors (Lipinski definition) is 4. The minimum absolute atomic E-state index is 0.450. The molecule has 0 radical (unpaired) electrons. The average molecular weight is 232 g/mol. The number of nitrogens with zero attached hydrogens (tertiary/aromatic N) is 4. The summed E-state index contributed by atoms with van der Waals surface area (Å²) >= 11 is 0. The molecule has 0 bridgehead atoms. The minimum Gasteiger partial charge on any atom is -0.392 e. The molecule has 0 saturated heterocycles. The van der Waals surface area contributed by atoms with Crippen molar-refractivity contribution in [2.24, 2.45) is 0 Å². The molecule has 0 fully saturated rings. The van der Waals surface area contributed by atoms with Gasteiger partial charge in [-0.3, -0.25) is 9.67 Å². The molecular formula is C12H16N4O. The summed E-state index contributed by atoms with van der Waals surface area (Å²) in [7, 11) is 0. The van der Waals surface area contributed by atoms with Gasteiger partial charge in [-0.15, -0.1) is 0 Å². The van der Waals surface area contributed by atoms with Gasteiger partial charge >= 0.3 is 0 Å². The molecule has 1 N–H and O–H groups in total. The first-order valence-electron chi connectivity index (χ1n) is 5.73. The zero-order chi connectivity index (χ0) is 12.1. The number of aliphatic hydroxyl groups is 1. The normalized spacial score (nSPS) is 12.6. The predicted molar refractivity (Wildman–Crippen MR) is 63.3 cm³/mol. The second-order valence-electron chi connectivity index (χ2n) is 3.92. The molecule has 0 amide bonds. The number of hydrogen-bond donors (Lipinski definition) is 1. The van der Waals surface area contributed by atoms with E-state index in [0.717, 1.165) is 17.9 Å². The van der Waals surface area contributed by atoms with Crippen LogP contribution >= 0.6 is 0 Å². The fraction of sp³-hybridized carbons (Fsp3) is 0.417. The van der Waals surface area contributed by atoms with E-state index in [1.165, 1.54) is 6.33 Å². The van der Waals surface area contributed by atoms with Crippen LogP contribution in [0, 0.1) is 0 Å². The molecule has 2 aromatic heterocycles. The molecule has 2 aromatic rings. The lowest BCUT2D eigenvalue weighted by Crippen LogP contribution is -2.17. The Morgan fingerprint density at radius 2 is 2.29 bits per heavy atom. The summed E-state index contributed by atoms with van der Waals surface area (Å²) in [5.74, 6) is 0.823. The van der Waals surface area contributed by atoms with E-state index in [-0.39, 0.29) is 0 Å². The van der Waals surface area contributed by atoms with Gasteiger partial charge in [0.05, 0.1) is 6.10 Å². The molecule has 5 heteroatoms. The Kier molecular flexibility index (Phi) is 3.82. The van der Waals surface area contributed by atoms with Crippen LogP contribution in [0.1, 0.15) is 18.3 Å². The fourth-order valence-corrected chi connectivity index (χ4v) is 1.78. The molecule has 0 saturated carbocycles. The Morgan fingerprint density at radius 1 is 1.41 bits per heavy atom. The highest BCUT2D eigenvalue weighted by molar-refractivity contribution is 5.10. The third-order valence-electron chi connectivity index (χ3n) is 2.61. The van der Waals surface area contributed by atoms with E-state index in [1.54, 1.807) is 17.1 Å². The van der Waals surface area contributed by atoms with Gasteiger partial charge in [0.25, 0.3) is 0 Å². The Labute approximate surface area is 100 Å². The van der Waals surface area contributed by atoms with Crippen LogP contribution in [0.4, 0.5) is 0 Å². The smallest absolute Gasteiger partial charge is 0.138 e. The largest absolute Gasteiger partial charge is 0.392 e. The van der Waals surface area contributed by atoms with Crippen LogP contribution in [0.3, 0.4) is 0 Å². The molecule has 2 rings (SSSR count). The SMILES string of the molecule is CCn1ncnc1CC(O)Cc1cccnc1. The Balaban J connectivity index is 1.96. The first-order chi connectivity index (χ1) is 8.29. The van der Waals surface area contributed by atoms with Crippen molar-refractivity contribution >= 4 is 0 Å². The summed E-state index contributed by atoms with van der Waals surface area (Å²) in [6, 6.07) is 3.83. The molecule has 1 unspecified atom stereocenters. The summed E-state index contributed by atoms with van der Waals surface area (Å²) in [6.45, 7) is 2.78. The average Bonchev–Trinajstić information content (AvgIpc) is 2.77. The van der Waals surface area contributed by atoms with Gasteiger partial charge in [0, 0.05) is 31.8 Å². The van der Waals surface area contributed by atoms with E-state index in [2.05, 4.69) is 15.1 Å². The number of pyridine rings is 1. The second kappa shape index (κ2) is 5.54. The first-order valence-corrected chi connectivity index (χ1v) is 5.73. The highest BCUT2D eigenvalue weighted by atomic mass is 16.3. The maximum atomic E-state index is 9.99. The van der Waals surface area contributed by atoms with Crippen molar-refractivity contribution in [3.05, 3.63) is 42.2 Å². The van der Waals surface area contributed by atoms with Crippen LogP contribution in [-0.4, -0.2) is 31.0 Å². The molecule has 5 nitrogen and oxygen atoms in total. The van der Waals surface area contributed by atoms with E-state index in [0.29, 0.717) is 12.8 Å². The van der Waals surface area contributed by atoms with Gasteiger partial charge < -0.3 is 5.11 Å². The topological polar surface area (TPSA) is 63.8 Å². The standard InChI is InChI=1S/C12H16N4O/c1-2-16-12(14-9-15-16)7-11(17)6-10-4-3-5-13-8-10/h3-5,8-9,11,17H,2,6-7H2,1H3. The van der Waals surface area contributed by atoms with Gasteiger partial charge in [-0.05, 0) is 18.6 Å². The molecule has 17 heavy (non-hydrogen) atoms. The monoisotopic (exact) mass is 232 g/mol. The number of aliphatic hydroxyl groups excluding tert-OH is 1. The van der Waals surface area contributed by atoms with E-state index < -0.39 is 6.10 Å². The second-order valence-corrected chi connectivity index (χ2v) is 3.92.